The maximum atomic E-state index is 12.8. The molecule has 0 unspecified atom stereocenters. The van der Waals surface area contributed by atoms with Crippen LogP contribution in [0.3, 0.4) is 0 Å². The lowest BCUT2D eigenvalue weighted by Gasteiger charge is -2.37. The molecule has 26 heavy (non-hydrogen) atoms. The number of halogens is 1. The van der Waals surface area contributed by atoms with Crippen molar-refractivity contribution in [3.63, 3.8) is 0 Å². The number of benzene rings is 1. The van der Waals surface area contributed by atoms with Crippen molar-refractivity contribution in [3.05, 3.63) is 29.3 Å². The molecule has 2 aliphatic rings. The summed E-state index contributed by atoms with van der Waals surface area (Å²) in [5.74, 6) is 0.646. The summed E-state index contributed by atoms with van der Waals surface area (Å²) in [6.07, 6.45) is 3.59. The molecule has 1 aromatic rings. The summed E-state index contributed by atoms with van der Waals surface area (Å²) in [4.78, 5) is 27.9. The minimum Gasteiger partial charge on any atom is -0.490 e. The van der Waals surface area contributed by atoms with Gasteiger partial charge in [0.15, 0.2) is 0 Å². The van der Waals surface area contributed by atoms with Crippen molar-refractivity contribution in [3.8, 4) is 5.75 Å². The van der Waals surface area contributed by atoms with Gasteiger partial charge in [0.25, 0.3) is 0 Å². The fourth-order valence-corrected chi connectivity index (χ4v) is 3.90. The first-order valence-corrected chi connectivity index (χ1v) is 9.61. The highest BCUT2D eigenvalue weighted by Crippen LogP contribution is 2.24. The van der Waals surface area contributed by atoms with Crippen molar-refractivity contribution in [1.82, 2.24) is 9.80 Å². The molecule has 0 radical (unpaired) electrons. The Balaban J connectivity index is 1.47. The first-order valence-electron chi connectivity index (χ1n) is 9.23. The lowest BCUT2D eigenvalue weighted by molar-refractivity contribution is -0.139. The second kappa shape index (κ2) is 8.73. The number of ether oxygens (including phenoxy) is 1. The Morgan fingerprint density at radius 2 is 1.81 bits per heavy atom. The number of hydrogen-bond acceptors (Lipinski definition) is 4. The van der Waals surface area contributed by atoms with Crippen LogP contribution in [0.2, 0.25) is 5.02 Å². The van der Waals surface area contributed by atoms with E-state index in [4.69, 9.17) is 22.1 Å². The quantitative estimate of drug-likeness (QED) is 0.847. The van der Waals surface area contributed by atoms with Gasteiger partial charge in [0.1, 0.15) is 11.9 Å². The van der Waals surface area contributed by atoms with Gasteiger partial charge in [-0.15, -0.1) is 0 Å². The first kappa shape index (κ1) is 19.0. The molecule has 6 nitrogen and oxygen atoms in total. The van der Waals surface area contributed by atoms with Gasteiger partial charge in [-0.25, -0.2) is 0 Å². The maximum Gasteiger partial charge on any atom is 0.231 e. The van der Waals surface area contributed by atoms with Gasteiger partial charge in [-0.1, -0.05) is 11.6 Å². The number of hydrogen-bond donors (Lipinski definition) is 1. The van der Waals surface area contributed by atoms with E-state index in [1.807, 2.05) is 34.1 Å². The van der Waals surface area contributed by atoms with Gasteiger partial charge in [-0.3, -0.25) is 14.5 Å². The third-order valence-corrected chi connectivity index (χ3v) is 5.36. The highest BCUT2D eigenvalue weighted by atomic mass is 35.5. The van der Waals surface area contributed by atoms with Crippen LogP contribution in [-0.4, -0.2) is 60.4 Å². The van der Waals surface area contributed by atoms with Crippen LogP contribution in [0.5, 0.6) is 5.75 Å². The molecule has 142 valence electrons. The topological polar surface area (TPSA) is 75.9 Å². The monoisotopic (exact) mass is 379 g/mol. The number of primary amides is 1. The normalized spacial score (nSPS) is 22.2. The summed E-state index contributed by atoms with van der Waals surface area (Å²) in [5, 5.41) is 0.690. The zero-order valence-electron chi connectivity index (χ0n) is 14.9. The Bertz CT molecular complexity index is 629. The molecule has 2 saturated heterocycles. The molecule has 2 aliphatic heterocycles. The molecule has 1 atom stereocenters. The molecule has 2 N–H and O–H groups in total. The van der Waals surface area contributed by atoms with Gasteiger partial charge in [0.05, 0.1) is 12.5 Å². The molecule has 0 spiro atoms. The summed E-state index contributed by atoms with van der Waals surface area (Å²) in [6, 6.07) is 7.37. The third-order valence-electron chi connectivity index (χ3n) is 5.10. The number of piperidine rings is 2. The standard InChI is InChI=1S/C19H26ClN3O3/c20-15-3-5-16(6-4-15)26-17-7-10-23(11-8-17)19(25)14-2-1-9-22(12-14)13-18(21)24/h3-6,14,17H,1-2,7-13H2,(H2,21,24)/t14-/m1/s1. The van der Waals surface area contributed by atoms with Crippen LogP contribution in [0.15, 0.2) is 24.3 Å². The smallest absolute Gasteiger partial charge is 0.231 e. The number of rotatable bonds is 5. The predicted octanol–water partition coefficient (Wildman–Crippen LogP) is 1.91. The SMILES string of the molecule is NC(=O)CN1CCC[C@@H](C(=O)N2CCC(Oc3ccc(Cl)cc3)CC2)C1. The minimum atomic E-state index is -0.335. The fraction of sp³-hybridized carbons (Fsp3) is 0.579. The van der Waals surface area contributed by atoms with E-state index in [0.717, 1.165) is 38.0 Å². The average Bonchev–Trinajstić information content (AvgIpc) is 2.63. The zero-order chi connectivity index (χ0) is 18.5. The van der Waals surface area contributed by atoms with E-state index in [1.165, 1.54) is 0 Å². The van der Waals surface area contributed by atoms with Crippen LogP contribution in [-0.2, 0) is 9.59 Å². The molecular formula is C19H26ClN3O3. The van der Waals surface area contributed by atoms with Gasteiger partial charge in [-0.05, 0) is 43.7 Å². The largest absolute Gasteiger partial charge is 0.490 e. The molecule has 0 saturated carbocycles. The number of nitrogens with zero attached hydrogens (tertiary/aromatic N) is 2. The van der Waals surface area contributed by atoms with E-state index in [-0.39, 0.29) is 30.4 Å². The van der Waals surface area contributed by atoms with Crippen molar-refractivity contribution < 1.29 is 14.3 Å². The summed E-state index contributed by atoms with van der Waals surface area (Å²) >= 11 is 5.89. The van der Waals surface area contributed by atoms with Crippen molar-refractivity contribution in [2.24, 2.45) is 11.7 Å². The molecule has 2 amide bonds. The van der Waals surface area contributed by atoms with Crippen LogP contribution < -0.4 is 10.5 Å². The van der Waals surface area contributed by atoms with E-state index < -0.39 is 0 Å². The summed E-state index contributed by atoms with van der Waals surface area (Å²) in [6.45, 7) is 3.13. The summed E-state index contributed by atoms with van der Waals surface area (Å²) < 4.78 is 5.99. The van der Waals surface area contributed by atoms with Crippen molar-refractivity contribution >= 4 is 23.4 Å². The Hall–Kier alpha value is -1.79. The van der Waals surface area contributed by atoms with E-state index in [1.54, 1.807) is 0 Å². The van der Waals surface area contributed by atoms with E-state index in [2.05, 4.69) is 0 Å². The van der Waals surface area contributed by atoms with Crippen molar-refractivity contribution in [2.75, 3.05) is 32.7 Å². The molecule has 0 bridgehead atoms. The predicted molar refractivity (Wildman–Crippen MR) is 100 cm³/mol. The van der Waals surface area contributed by atoms with E-state index in [0.29, 0.717) is 24.7 Å². The number of likely N-dealkylation sites (tertiary alicyclic amines) is 2. The first-order chi connectivity index (χ1) is 12.5. The van der Waals surface area contributed by atoms with E-state index >= 15 is 0 Å². The molecule has 0 aromatic heterocycles. The average molecular weight is 380 g/mol. The minimum absolute atomic E-state index is 0.0307. The van der Waals surface area contributed by atoms with Crippen molar-refractivity contribution in [2.45, 2.75) is 31.8 Å². The lowest BCUT2D eigenvalue weighted by Crippen LogP contribution is -2.49. The van der Waals surface area contributed by atoms with Crippen molar-refractivity contribution in [1.29, 1.82) is 0 Å². The summed E-state index contributed by atoms with van der Waals surface area (Å²) in [7, 11) is 0. The molecule has 2 fully saturated rings. The van der Waals surface area contributed by atoms with Crippen LogP contribution in [0.1, 0.15) is 25.7 Å². The highest BCUT2D eigenvalue weighted by molar-refractivity contribution is 6.30. The number of carbonyl (C=O) groups excluding carboxylic acids is 2. The van der Waals surface area contributed by atoms with Crippen LogP contribution in [0.25, 0.3) is 0 Å². The Morgan fingerprint density at radius 1 is 1.12 bits per heavy atom. The Labute approximate surface area is 159 Å². The molecule has 3 rings (SSSR count). The van der Waals surface area contributed by atoms with Gasteiger partial charge < -0.3 is 15.4 Å². The zero-order valence-corrected chi connectivity index (χ0v) is 15.7. The summed E-state index contributed by atoms with van der Waals surface area (Å²) in [5.41, 5.74) is 5.28. The third kappa shape index (κ3) is 5.11. The molecular weight excluding hydrogens is 354 g/mol. The highest BCUT2D eigenvalue weighted by Gasteiger charge is 2.32. The maximum absolute atomic E-state index is 12.8. The van der Waals surface area contributed by atoms with Gasteiger partial charge in [-0.2, -0.15) is 0 Å². The molecule has 0 aliphatic carbocycles. The number of carbonyl (C=O) groups is 2. The number of nitrogens with two attached hydrogens (primary N) is 1. The van der Waals surface area contributed by atoms with Crippen LogP contribution in [0, 0.1) is 5.92 Å². The second-order valence-corrected chi connectivity index (χ2v) is 7.57. The second-order valence-electron chi connectivity index (χ2n) is 7.14. The van der Waals surface area contributed by atoms with Gasteiger partial charge >= 0.3 is 0 Å². The number of amides is 2. The van der Waals surface area contributed by atoms with Crippen LogP contribution >= 0.6 is 11.6 Å². The van der Waals surface area contributed by atoms with E-state index in [9.17, 15) is 9.59 Å². The van der Waals surface area contributed by atoms with Gasteiger partial charge in [0.2, 0.25) is 11.8 Å². The molecule has 7 heteroatoms. The fourth-order valence-electron chi connectivity index (χ4n) is 3.78. The molecule has 1 aromatic carbocycles. The lowest BCUT2D eigenvalue weighted by atomic mass is 9.95. The molecule has 2 heterocycles. The van der Waals surface area contributed by atoms with Crippen LogP contribution in [0.4, 0.5) is 0 Å². The Kier molecular flexibility index (Phi) is 6.38. The Morgan fingerprint density at radius 3 is 2.46 bits per heavy atom. The van der Waals surface area contributed by atoms with Gasteiger partial charge in [0, 0.05) is 37.5 Å².